The summed E-state index contributed by atoms with van der Waals surface area (Å²) >= 11 is 0. The Morgan fingerprint density at radius 2 is 2.06 bits per heavy atom. The summed E-state index contributed by atoms with van der Waals surface area (Å²) in [6.45, 7) is 2.21. The fourth-order valence-corrected chi connectivity index (χ4v) is 2.30. The van der Waals surface area contributed by atoms with Crippen molar-refractivity contribution in [2.75, 3.05) is 0 Å². The van der Waals surface area contributed by atoms with E-state index in [9.17, 15) is 4.79 Å². The number of unbranched alkanes of at least 4 members (excludes halogenated alkanes) is 3. The highest BCUT2D eigenvalue weighted by Crippen LogP contribution is 2.28. The quantitative estimate of drug-likeness (QED) is 0.717. The lowest BCUT2D eigenvalue weighted by atomic mass is 9.97. The molecule has 1 unspecified atom stereocenters. The molecule has 0 saturated heterocycles. The standard InChI is InChI=1S/C15H20O2/c1-2-3-4-5-8-12-11-14(16)13-9-6-7-10-15(13)17-12/h6-7,9-10,12H,2-5,8,11H2,1H3. The highest BCUT2D eigenvalue weighted by molar-refractivity contribution is 5.99. The van der Waals surface area contributed by atoms with Gasteiger partial charge in [-0.3, -0.25) is 4.79 Å². The predicted octanol–water partition coefficient (Wildman–Crippen LogP) is 3.99. The number of ether oxygens (including phenoxy) is 1. The molecule has 0 N–H and O–H groups in total. The van der Waals surface area contributed by atoms with Crippen LogP contribution in [0.2, 0.25) is 0 Å². The molecule has 1 aliphatic rings. The minimum absolute atomic E-state index is 0.0919. The summed E-state index contributed by atoms with van der Waals surface area (Å²) in [5.74, 6) is 0.997. The van der Waals surface area contributed by atoms with Gasteiger partial charge >= 0.3 is 0 Å². The van der Waals surface area contributed by atoms with E-state index in [0.29, 0.717) is 6.42 Å². The third-order valence-electron chi connectivity index (χ3n) is 3.27. The Kier molecular flexibility index (Phi) is 4.18. The van der Waals surface area contributed by atoms with Crippen molar-refractivity contribution in [1.82, 2.24) is 0 Å². The third kappa shape index (κ3) is 3.09. The SMILES string of the molecule is CCCCCCC1CC(=O)c2ccccc2O1. The number of hydrogen-bond donors (Lipinski definition) is 0. The summed E-state index contributed by atoms with van der Waals surface area (Å²) in [5.41, 5.74) is 0.748. The zero-order valence-corrected chi connectivity index (χ0v) is 10.4. The van der Waals surface area contributed by atoms with Crippen LogP contribution in [-0.2, 0) is 0 Å². The van der Waals surface area contributed by atoms with Crippen LogP contribution in [0, 0.1) is 0 Å². The average Bonchev–Trinajstić information content (AvgIpc) is 2.35. The zero-order valence-electron chi connectivity index (χ0n) is 10.4. The molecule has 0 bridgehead atoms. The fourth-order valence-electron chi connectivity index (χ4n) is 2.30. The van der Waals surface area contributed by atoms with E-state index in [4.69, 9.17) is 4.74 Å². The number of hydrogen-bond acceptors (Lipinski definition) is 2. The molecule has 1 aromatic carbocycles. The normalized spacial score (nSPS) is 18.6. The van der Waals surface area contributed by atoms with Gasteiger partial charge in [-0.1, -0.05) is 38.3 Å². The van der Waals surface area contributed by atoms with Crippen molar-refractivity contribution in [3.05, 3.63) is 29.8 Å². The average molecular weight is 232 g/mol. The maximum absolute atomic E-state index is 11.9. The molecular formula is C15H20O2. The molecule has 0 fully saturated rings. The topological polar surface area (TPSA) is 26.3 Å². The summed E-state index contributed by atoms with van der Waals surface area (Å²) in [4.78, 5) is 11.9. The summed E-state index contributed by atoms with van der Waals surface area (Å²) in [6, 6.07) is 7.56. The van der Waals surface area contributed by atoms with E-state index in [1.54, 1.807) is 0 Å². The highest BCUT2D eigenvalue weighted by Gasteiger charge is 2.25. The molecule has 2 nitrogen and oxygen atoms in total. The first-order valence-electron chi connectivity index (χ1n) is 6.60. The van der Waals surface area contributed by atoms with Gasteiger partial charge < -0.3 is 4.74 Å². The largest absolute Gasteiger partial charge is 0.489 e. The monoisotopic (exact) mass is 232 g/mol. The summed E-state index contributed by atoms with van der Waals surface area (Å²) < 4.78 is 5.86. The Morgan fingerprint density at radius 3 is 2.88 bits per heavy atom. The van der Waals surface area contributed by atoms with Crippen molar-refractivity contribution in [3.63, 3.8) is 0 Å². The fraction of sp³-hybridized carbons (Fsp3) is 0.533. The minimum atomic E-state index is 0.0919. The zero-order chi connectivity index (χ0) is 12.1. The Labute approximate surface area is 103 Å². The van der Waals surface area contributed by atoms with Gasteiger partial charge in [-0.2, -0.15) is 0 Å². The Bertz CT molecular complexity index is 384. The van der Waals surface area contributed by atoms with Crippen molar-refractivity contribution < 1.29 is 9.53 Å². The lowest BCUT2D eigenvalue weighted by Gasteiger charge is -2.25. The van der Waals surface area contributed by atoms with E-state index in [1.165, 1.54) is 19.3 Å². The van der Waals surface area contributed by atoms with Crippen LogP contribution >= 0.6 is 0 Å². The second-order valence-electron chi connectivity index (χ2n) is 4.71. The smallest absolute Gasteiger partial charge is 0.170 e. The van der Waals surface area contributed by atoms with Crippen molar-refractivity contribution in [3.8, 4) is 5.75 Å². The van der Waals surface area contributed by atoms with Gasteiger partial charge in [0.15, 0.2) is 5.78 Å². The van der Waals surface area contributed by atoms with Gasteiger partial charge in [-0.05, 0) is 25.0 Å². The van der Waals surface area contributed by atoms with E-state index in [2.05, 4.69) is 6.92 Å². The second kappa shape index (κ2) is 5.85. The van der Waals surface area contributed by atoms with Gasteiger partial charge in [0.2, 0.25) is 0 Å². The molecule has 0 amide bonds. The number of rotatable bonds is 5. The maximum Gasteiger partial charge on any atom is 0.170 e. The van der Waals surface area contributed by atoms with Crippen LogP contribution in [0.4, 0.5) is 0 Å². The lowest BCUT2D eigenvalue weighted by Crippen LogP contribution is -2.26. The molecule has 92 valence electrons. The predicted molar refractivity (Wildman–Crippen MR) is 68.6 cm³/mol. The van der Waals surface area contributed by atoms with Crippen LogP contribution < -0.4 is 4.74 Å². The molecule has 2 heteroatoms. The summed E-state index contributed by atoms with van der Waals surface area (Å²) in [7, 11) is 0. The van der Waals surface area contributed by atoms with E-state index < -0.39 is 0 Å². The van der Waals surface area contributed by atoms with Gasteiger partial charge in [0, 0.05) is 6.42 Å². The van der Waals surface area contributed by atoms with Gasteiger partial charge in [0.25, 0.3) is 0 Å². The molecule has 0 aromatic heterocycles. The lowest BCUT2D eigenvalue weighted by molar-refractivity contribution is 0.0835. The first kappa shape index (κ1) is 12.2. The van der Waals surface area contributed by atoms with Gasteiger partial charge in [0.1, 0.15) is 11.9 Å². The molecule has 1 atom stereocenters. The van der Waals surface area contributed by atoms with Gasteiger partial charge in [-0.25, -0.2) is 0 Å². The van der Waals surface area contributed by atoms with Gasteiger partial charge in [0.05, 0.1) is 5.56 Å². The number of carbonyl (C=O) groups is 1. The van der Waals surface area contributed by atoms with E-state index in [0.717, 1.165) is 24.2 Å². The third-order valence-corrected chi connectivity index (χ3v) is 3.27. The molecule has 1 aliphatic heterocycles. The number of carbonyl (C=O) groups excluding carboxylic acids is 1. The molecule has 0 spiro atoms. The van der Waals surface area contributed by atoms with Crippen molar-refractivity contribution in [2.24, 2.45) is 0 Å². The number of fused-ring (bicyclic) bond motifs is 1. The van der Waals surface area contributed by atoms with Crippen LogP contribution in [-0.4, -0.2) is 11.9 Å². The van der Waals surface area contributed by atoms with Crippen LogP contribution in [0.25, 0.3) is 0 Å². The highest BCUT2D eigenvalue weighted by atomic mass is 16.5. The molecule has 1 heterocycles. The van der Waals surface area contributed by atoms with Crippen molar-refractivity contribution >= 4 is 5.78 Å². The molecule has 17 heavy (non-hydrogen) atoms. The molecule has 0 radical (unpaired) electrons. The first-order valence-corrected chi connectivity index (χ1v) is 6.60. The van der Waals surface area contributed by atoms with Crippen LogP contribution in [0.15, 0.2) is 24.3 Å². The van der Waals surface area contributed by atoms with Crippen LogP contribution in [0.3, 0.4) is 0 Å². The number of benzene rings is 1. The minimum Gasteiger partial charge on any atom is -0.489 e. The first-order chi connectivity index (χ1) is 8.31. The second-order valence-corrected chi connectivity index (χ2v) is 4.71. The number of ketones is 1. The Hall–Kier alpha value is -1.31. The number of para-hydroxylation sites is 1. The van der Waals surface area contributed by atoms with Gasteiger partial charge in [-0.15, -0.1) is 0 Å². The Morgan fingerprint density at radius 1 is 1.24 bits per heavy atom. The molecule has 0 saturated carbocycles. The van der Waals surface area contributed by atoms with Crippen molar-refractivity contribution in [1.29, 1.82) is 0 Å². The van der Waals surface area contributed by atoms with E-state index >= 15 is 0 Å². The molecular weight excluding hydrogens is 212 g/mol. The molecule has 1 aromatic rings. The maximum atomic E-state index is 11.9. The number of Topliss-reactive ketones (excluding diaryl/α,β-unsaturated/α-hetero) is 1. The van der Waals surface area contributed by atoms with E-state index in [-0.39, 0.29) is 11.9 Å². The molecule has 0 aliphatic carbocycles. The van der Waals surface area contributed by atoms with E-state index in [1.807, 2.05) is 24.3 Å². The summed E-state index contributed by atoms with van der Waals surface area (Å²) in [6.07, 6.45) is 6.56. The van der Waals surface area contributed by atoms with Crippen LogP contribution in [0.1, 0.15) is 55.8 Å². The van der Waals surface area contributed by atoms with Crippen LogP contribution in [0.5, 0.6) is 5.75 Å². The Balaban J connectivity index is 1.91. The molecule has 2 rings (SSSR count). The summed E-state index contributed by atoms with van der Waals surface area (Å²) in [5, 5.41) is 0. The van der Waals surface area contributed by atoms with Crippen molar-refractivity contribution in [2.45, 2.75) is 51.6 Å².